The summed E-state index contributed by atoms with van der Waals surface area (Å²) in [7, 11) is -3.23. The Morgan fingerprint density at radius 2 is 2.04 bits per heavy atom. The van der Waals surface area contributed by atoms with Gasteiger partial charge in [0.15, 0.2) is 0 Å². The quantitative estimate of drug-likeness (QED) is 0.836. The number of rotatable bonds is 4. The second kappa shape index (κ2) is 6.14. The van der Waals surface area contributed by atoms with Crippen molar-refractivity contribution in [1.29, 1.82) is 0 Å². The first-order valence-corrected chi connectivity index (χ1v) is 10.4. The highest BCUT2D eigenvalue weighted by atomic mass is 32.2. The zero-order chi connectivity index (χ0) is 17.6. The Bertz CT molecular complexity index is 930. The number of pyridine rings is 1. The van der Waals surface area contributed by atoms with E-state index in [9.17, 15) is 13.2 Å². The second-order valence-electron chi connectivity index (χ2n) is 6.99. The molecule has 1 fully saturated rings. The highest BCUT2D eigenvalue weighted by Gasteiger charge is 2.40. The molecular formula is C18H22N2O4S. The van der Waals surface area contributed by atoms with Crippen LogP contribution < -0.4 is 5.56 Å². The lowest BCUT2D eigenvalue weighted by Gasteiger charge is -2.42. The molecule has 0 aromatic carbocycles. The topological polar surface area (TPSA) is 72.5 Å². The van der Waals surface area contributed by atoms with Gasteiger partial charge in [0.1, 0.15) is 5.76 Å². The number of hydrogen-bond donors (Lipinski definition) is 0. The van der Waals surface area contributed by atoms with E-state index in [1.54, 1.807) is 22.7 Å². The minimum absolute atomic E-state index is 0.0214. The van der Waals surface area contributed by atoms with E-state index >= 15 is 0 Å². The van der Waals surface area contributed by atoms with Gasteiger partial charge in [-0.25, -0.2) is 12.7 Å². The van der Waals surface area contributed by atoms with Crippen LogP contribution in [0.15, 0.2) is 39.7 Å². The van der Waals surface area contributed by atoms with Gasteiger partial charge in [-0.15, -0.1) is 0 Å². The van der Waals surface area contributed by atoms with Gasteiger partial charge in [0, 0.05) is 42.9 Å². The van der Waals surface area contributed by atoms with Crippen LogP contribution in [0.4, 0.5) is 0 Å². The monoisotopic (exact) mass is 362 g/mol. The van der Waals surface area contributed by atoms with Gasteiger partial charge in [0.05, 0.1) is 12.0 Å². The maximum atomic E-state index is 12.5. The number of piperidine rings is 1. The van der Waals surface area contributed by atoms with Gasteiger partial charge in [-0.1, -0.05) is 6.92 Å². The van der Waals surface area contributed by atoms with Crippen LogP contribution in [0.5, 0.6) is 0 Å². The lowest BCUT2D eigenvalue weighted by molar-refractivity contribution is 0.186. The molecular weight excluding hydrogens is 340 g/mol. The molecule has 2 aliphatic heterocycles. The fourth-order valence-corrected chi connectivity index (χ4v) is 5.84. The summed E-state index contributed by atoms with van der Waals surface area (Å²) in [5.74, 6) is 1.10. The first-order valence-electron chi connectivity index (χ1n) is 8.75. The van der Waals surface area contributed by atoms with Crippen molar-refractivity contribution >= 4 is 10.0 Å². The lowest BCUT2D eigenvalue weighted by atomic mass is 9.82. The molecule has 0 amide bonds. The summed E-state index contributed by atoms with van der Waals surface area (Å²) in [6.07, 6.45) is 3.14. The molecule has 1 saturated heterocycles. The van der Waals surface area contributed by atoms with Crippen molar-refractivity contribution in [3.05, 3.63) is 46.6 Å². The predicted molar refractivity (Wildman–Crippen MR) is 94.9 cm³/mol. The Morgan fingerprint density at radius 1 is 1.20 bits per heavy atom. The largest absolute Gasteiger partial charge is 0.464 e. The molecule has 134 valence electrons. The molecule has 2 bridgehead atoms. The third-order valence-electron chi connectivity index (χ3n) is 5.20. The number of hydrogen-bond acceptors (Lipinski definition) is 4. The summed E-state index contributed by atoms with van der Waals surface area (Å²) >= 11 is 0. The van der Waals surface area contributed by atoms with E-state index in [4.69, 9.17) is 4.42 Å². The molecule has 0 spiro atoms. The summed E-state index contributed by atoms with van der Waals surface area (Å²) < 4.78 is 34.1. The third-order valence-corrected chi connectivity index (χ3v) is 7.21. The number of furan rings is 1. The first kappa shape index (κ1) is 16.6. The van der Waals surface area contributed by atoms with Gasteiger partial charge in [-0.05, 0) is 37.0 Å². The minimum atomic E-state index is -3.23. The van der Waals surface area contributed by atoms with Gasteiger partial charge < -0.3 is 8.98 Å². The Kier molecular flexibility index (Phi) is 4.08. The molecule has 2 aliphatic rings. The predicted octanol–water partition coefficient (Wildman–Crippen LogP) is 2.27. The Morgan fingerprint density at radius 3 is 2.76 bits per heavy atom. The number of sulfonamides is 1. The zero-order valence-corrected chi connectivity index (χ0v) is 15.0. The van der Waals surface area contributed by atoms with Gasteiger partial charge in [0.25, 0.3) is 5.56 Å². The van der Waals surface area contributed by atoms with Crippen molar-refractivity contribution < 1.29 is 12.8 Å². The molecule has 7 heteroatoms. The van der Waals surface area contributed by atoms with E-state index in [1.165, 1.54) is 0 Å². The van der Waals surface area contributed by atoms with Crippen molar-refractivity contribution in [2.45, 2.75) is 32.2 Å². The smallest absolute Gasteiger partial charge is 0.250 e. The van der Waals surface area contributed by atoms with Crippen LogP contribution in [0.25, 0.3) is 11.3 Å². The maximum Gasteiger partial charge on any atom is 0.250 e. The number of aromatic nitrogens is 1. The second-order valence-corrected chi connectivity index (χ2v) is 9.08. The van der Waals surface area contributed by atoms with E-state index in [2.05, 4.69) is 0 Å². The van der Waals surface area contributed by atoms with Gasteiger partial charge >= 0.3 is 0 Å². The van der Waals surface area contributed by atoms with Gasteiger partial charge in [-0.3, -0.25) is 4.79 Å². The molecule has 6 nitrogen and oxygen atoms in total. The molecule has 2 unspecified atom stereocenters. The van der Waals surface area contributed by atoms with Crippen molar-refractivity contribution in [3.8, 4) is 11.3 Å². The Hall–Kier alpha value is -1.86. The highest BCUT2D eigenvalue weighted by Crippen LogP contribution is 2.40. The molecule has 4 heterocycles. The summed E-state index contributed by atoms with van der Waals surface area (Å²) in [5.41, 5.74) is 1.78. The minimum Gasteiger partial charge on any atom is -0.464 e. The molecule has 0 saturated carbocycles. The van der Waals surface area contributed by atoms with E-state index in [0.29, 0.717) is 26.1 Å². The van der Waals surface area contributed by atoms with Crippen LogP contribution in [0.1, 0.15) is 31.4 Å². The first-order chi connectivity index (χ1) is 12.0. The molecule has 2 atom stereocenters. The number of nitrogens with zero attached hydrogens (tertiary/aromatic N) is 2. The van der Waals surface area contributed by atoms with Crippen LogP contribution in [-0.4, -0.2) is 36.1 Å². The fourth-order valence-electron chi connectivity index (χ4n) is 4.23. The summed E-state index contributed by atoms with van der Waals surface area (Å²) in [6.45, 7) is 3.40. The molecule has 4 rings (SSSR count). The Labute approximate surface area is 147 Å². The zero-order valence-electron chi connectivity index (χ0n) is 14.2. The van der Waals surface area contributed by atoms with E-state index in [0.717, 1.165) is 23.4 Å². The molecule has 0 radical (unpaired) electrons. The fraction of sp³-hybridized carbons (Fsp3) is 0.500. The average molecular weight is 362 g/mol. The molecule has 2 aromatic heterocycles. The van der Waals surface area contributed by atoms with Crippen molar-refractivity contribution in [2.24, 2.45) is 5.92 Å². The molecule has 25 heavy (non-hydrogen) atoms. The van der Waals surface area contributed by atoms with Crippen LogP contribution in [0.2, 0.25) is 0 Å². The average Bonchev–Trinajstić information content (AvgIpc) is 3.10. The van der Waals surface area contributed by atoms with Crippen molar-refractivity contribution in [3.63, 3.8) is 0 Å². The standard InChI is InChI=1S/C18H22N2O4S/c1-2-8-25(22,23)19-10-13-9-14(12-19)18-15(16-4-3-7-24-16)5-6-17(21)20(18)11-13/h3-7,13-14H,2,8-12H2,1H3. The van der Waals surface area contributed by atoms with E-state index < -0.39 is 10.0 Å². The van der Waals surface area contributed by atoms with Gasteiger partial charge in [-0.2, -0.15) is 0 Å². The maximum absolute atomic E-state index is 12.5. The summed E-state index contributed by atoms with van der Waals surface area (Å²) in [6, 6.07) is 7.07. The summed E-state index contributed by atoms with van der Waals surface area (Å²) in [5, 5.41) is 0. The lowest BCUT2D eigenvalue weighted by Crippen LogP contribution is -2.49. The van der Waals surface area contributed by atoms with E-state index in [1.807, 2.05) is 23.6 Å². The molecule has 0 N–H and O–H groups in total. The third kappa shape index (κ3) is 2.85. The van der Waals surface area contributed by atoms with Crippen LogP contribution in [-0.2, 0) is 16.6 Å². The SMILES string of the molecule is CCCS(=O)(=O)N1CC2CC(C1)c1c(-c3ccco3)ccc(=O)n1C2. The van der Waals surface area contributed by atoms with Crippen molar-refractivity contribution in [2.75, 3.05) is 18.8 Å². The summed E-state index contributed by atoms with van der Waals surface area (Å²) in [4.78, 5) is 12.4. The normalized spacial score (nSPS) is 23.4. The van der Waals surface area contributed by atoms with Crippen LogP contribution >= 0.6 is 0 Å². The van der Waals surface area contributed by atoms with Gasteiger partial charge in [0.2, 0.25) is 10.0 Å². The molecule has 0 aliphatic carbocycles. The Balaban J connectivity index is 1.79. The number of fused-ring (bicyclic) bond motifs is 4. The van der Waals surface area contributed by atoms with E-state index in [-0.39, 0.29) is 23.1 Å². The van der Waals surface area contributed by atoms with Crippen LogP contribution in [0, 0.1) is 5.92 Å². The highest BCUT2D eigenvalue weighted by molar-refractivity contribution is 7.89. The van der Waals surface area contributed by atoms with Crippen molar-refractivity contribution in [1.82, 2.24) is 8.87 Å². The molecule has 2 aromatic rings. The van der Waals surface area contributed by atoms with Crippen LogP contribution in [0.3, 0.4) is 0 Å².